The van der Waals surface area contributed by atoms with Crippen LogP contribution in [0.1, 0.15) is 23.1 Å². The van der Waals surface area contributed by atoms with Crippen molar-refractivity contribution in [1.29, 1.82) is 0 Å². The van der Waals surface area contributed by atoms with Gasteiger partial charge in [-0.05, 0) is 59.4 Å². The number of nitrogens with zero attached hydrogens (tertiary/aromatic N) is 1. The molecular formula is C19H15ClFN. The van der Waals surface area contributed by atoms with Crippen molar-refractivity contribution in [3.8, 4) is 0 Å². The summed E-state index contributed by atoms with van der Waals surface area (Å²) >= 11 is 0. The van der Waals surface area contributed by atoms with E-state index in [1.807, 2.05) is 30.5 Å². The summed E-state index contributed by atoms with van der Waals surface area (Å²) in [4.78, 5) is 4.39. The predicted molar refractivity (Wildman–Crippen MR) is 91.6 cm³/mol. The fraction of sp³-hybridized carbons (Fsp3) is 0.105. The second-order valence-corrected chi connectivity index (χ2v) is 5.39. The molecule has 0 unspecified atom stereocenters. The first kappa shape index (κ1) is 14.7. The van der Waals surface area contributed by atoms with Crippen molar-refractivity contribution >= 4 is 35.0 Å². The number of hydrogen-bond donors (Lipinski definition) is 0. The van der Waals surface area contributed by atoms with Gasteiger partial charge in [0.15, 0.2) is 0 Å². The van der Waals surface area contributed by atoms with Gasteiger partial charge in [0, 0.05) is 11.6 Å². The lowest BCUT2D eigenvalue weighted by Gasteiger charge is -2.04. The SMILES string of the molecule is Cl.Fc1ccc2c(c1)CC/C2=C\c1cccc2ncccc12. The Bertz CT molecular complexity index is 865. The molecule has 0 saturated carbocycles. The van der Waals surface area contributed by atoms with Crippen molar-refractivity contribution < 1.29 is 4.39 Å². The summed E-state index contributed by atoms with van der Waals surface area (Å²) in [6.45, 7) is 0. The molecule has 110 valence electrons. The van der Waals surface area contributed by atoms with Crippen LogP contribution in [0, 0.1) is 5.82 Å². The normalized spacial score (nSPS) is 14.9. The van der Waals surface area contributed by atoms with E-state index < -0.39 is 0 Å². The van der Waals surface area contributed by atoms with Gasteiger partial charge in [0.25, 0.3) is 0 Å². The number of pyridine rings is 1. The number of fused-ring (bicyclic) bond motifs is 2. The van der Waals surface area contributed by atoms with Crippen LogP contribution in [0.2, 0.25) is 0 Å². The zero-order valence-corrected chi connectivity index (χ0v) is 12.7. The molecule has 0 atom stereocenters. The average Bonchev–Trinajstić information content (AvgIpc) is 2.90. The second-order valence-electron chi connectivity index (χ2n) is 5.39. The van der Waals surface area contributed by atoms with E-state index in [0.717, 1.165) is 29.3 Å². The summed E-state index contributed by atoms with van der Waals surface area (Å²) in [5.41, 5.74) is 5.75. The molecular weight excluding hydrogens is 297 g/mol. The molecule has 0 amide bonds. The quantitative estimate of drug-likeness (QED) is 0.595. The molecule has 3 aromatic rings. The standard InChI is InChI=1S/C19H14FN.ClH/c20-16-8-9-17-14(6-7-15(17)12-16)11-13-3-1-5-19-18(13)4-2-10-21-19;/h1-5,8-12H,6-7H2;1H/b14-11+;. The highest BCUT2D eigenvalue weighted by Crippen LogP contribution is 2.34. The van der Waals surface area contributed by atoms with Crippen LogP contribution in [-0.4, -0.2) is 4.98 Å². The molecule has 1 aliphatic rings. The minimum Gasteiger partial charge on any atom is -0.256 e. The zero-order valence-electron chi connectivity index (χ0n) is 11.9. The van der Waals surface area contributed by atoms with Crippen LogP contribution in [0.5, 0.6) is 0 Å². The highest BCUT2D eigenvalue weighted by atomic mass is 35.5. The Labute approximate surface area is 134 Å². The molecule has 0 spiro atoms. The van der Waals surface area contributed by atoms with E-state index in [9.17, 15) is 4.39 Å². The van der Waals surface area contributed by atoms with Gasteiger partial charge in [0.1, 0.15) is 5.82 Å². The van der Waals surface area contributed by atoms with Gasteiger partial charge in [-0.3, -0.25) is 4.98 Å². The van der Waals surface area contributed by atoms with E-state index in [4.69, 9.17) is 0 Å². The molecule has 22 heavy (non-hydrogen) atoms. The Balaban J connectivity index is 0.00000144. The molecule has 1 aliphatic carbocycles. The van der Waals surface area contributed by atoms with Gasteiger partial charge in [-0.2, -0.15) is 0 Å². The Morgan fingerprint density at radius 3 is 2.82 bits per heavy atom. The lowest BCUT2D eigenvalue weighted by atomic mass is 10.0. The number of allylic oxidation sites excluding steroid dienone is 1. The van der Waals surface area contributed by atoms with Gasteiger partial charge >= 0.3 is 0 Å². The largest absolute Gasteiger partial charge is 0.256 e. The molecule has 4 rings (SSSR count). The molecule has 1 heterocycles. The summed E-state index contributed by atoms with van der Waals surface area (Å²) in [7, 11) is 0. The lowest BCUT2D eigenvalue weighted by Crippen LogP contribution is -1.84. The van der Waals surface area contributed by atoms with Crippen molar-refractivity contribution in [2.75, 3.05) is 0 Å². The third-order valence-electron chi connectivity index (χ3n) is 4.09. The molecule has 0 aliphatic heterocycles. The molecule has 0 radical (unpaired) electrons. The lowest BCUT2D eigenvalue weighted by molar-refractivity contribution is 0.626. The maximum Gasteiger partial charge on any atom is 0.123 e. The van der Waals surface area contributed by atoms with E-state index in [0.29, 0.717) is 0 Å². The van der Waals surface area contributed by atoms with Crippen molar-refractivity contribution in [1.82, 2.24) is 4.98 Å². The molecule has 0 fully saturated rings. The first-order valence-corrected chi connectivity index (χ1v) is 7.14. The zero-order chi connectivity index (χ0) is 14.2. The minimum atomic E-state index is -0.149. The highest BCUT2D eigenvalue weighted by Gasteiger charge is 2.16. The first-order chi connectivity index (χ1) is 10.3. The number of hydrogen-bond acceptors (Lipinski definition) is 1. The number of aryl methyl sites for hydroxylation is 1. The van der Waals surface area contributed by atoms with Crippen molar-refractivity contribution in [3.05, 3.63) is 77.2 Å². The van der Waals surface area contributed by atoms with Crippen LogP contribution in [0.25, 0.3) is 22.6 Å². The summed E-state index contributed by atoms with van der Waals surface area (Å²) in [5.74, 6) is -0.149. The predicted octanol–water partition coefficient (Wildman–Crippen LogP) is 5.28. The molecule has 0 bridgehead atoms. The molecule has 3 heteroatoms. The van der Waals surface area contributed by atoms with Gasteiger partial charge in [0.05, 0.1) is 5.52 Å². The van der Waals surface area contributed by atoms with Gasteiger partial charge < -0.3 is 0 Å². The van der Waals surface area contributed by atoms with Crippen LogP contribution < -0.4 is 0 Å². The summed E-state index contributed by atoms with van der Waals surface area (Å²) in [6, 6.07) is 15.3. The van der Waals surface area contributed by atoms with Gasteiger partial charge in [-0.1, -0.05) is 30.3 Å². The molecule has 0 saturated heterocycles. The number of aromatic nitrogens is 1. The Hall–Kier alpha value is -2.19. The summed E-state index contributed by atoms with van der Waals surface area (Å²) < 4.78 is 13.3. The average molecular weight is 312 g/mol. The minimum absolute atomic E-state index is 0. The van der Waals surface area contributed by atoms with E-state index in [1.54, 1.807) is 12.1 Å². The number of rotatable bonds is 1. The van der Waals surface area contributed by atoms with Crippen molar-refractivity contribution in [2.24, 2.45) is 0 Å². The third kappa shape index (κ3) is 2.51. The van der Waals surface area contributed by atoms with Crippen LogP contribution in [0.15, 0.2) is 54.7 Å². The van der Waals surface area contributed by atoms with E-state index in [2.05, 4.69) is 23.2 Å². The van der Waals surface area contributed by atoms with Gasteiger partial charge in [-0.15, -0.1) is 12.4 Å². The maximum absolute atomic E-state index is 13.3. The fourth-order valence-corrected chi connectivity index (χ4v) is 3.08. The Kier molecular flexibility index (Phi) is 3.95. The smallest absolute Gasteiger partial charge is 0.123 e. The summed E-state index contributed by atoms with van der Waals surface area (Å²) in [6.07, 6.45) is 5.91. The highest BCUT2D eigenvalue weighted by molar-refractivity contribution is 5.94. The molecule has 1 aromatic heterocycles. The Morgan fingerprint density at radius 2 is 1.91 bits per heavy atom. The van der Waals surface area contributed by atoms with Crippen molar-refractivity contribution in [3.63, 3.8) is 0 Å². The van der Waals surface area contributed by atoms with E-state index >= 15 is 0 Å². The third-order valence-corrected chi connectivity index (χ3v) is 4.09. The second kappa shape index (κ2) is 5.90. The molecule has 0 N–H and O–H groups in total. The van der Waals surface area contributed by atoms with Crippen LogP contribution in [-0.2, 0) is 6.42 Å². The Morgan fingerprint density at radius 1 is 1.00 bits per heavy atom. The maximum atomic E-state index is 13.3. The van der Waals surface area contributed by atoms with E-state index in [-0.39, 0.29) is 18.2 Å². The van der Waals surface area contributed by atoms with Crippen LogP contribution >= 0.6 is 12.4 Å². The van der Waals surface area contributed by atoms with Crippen LogP contribution in [0.3, 0.4) is 0 Å². The van der Waals surface area contributed by atoms with Crippen molar-refractivity contribution in [2.45, 2.75) is 12.8 Å². The first-order valence-electron chi connectivity index (χ1n) is 7.14. The van der Waals surface area contributed by atoms with Gasteiger partial charge in [0.2, 0.25) is 0 Å². The molecule has 1 nitrogen and oxygen atoms in total. The summed E-state index contributed by atoms with van der Waals surface area (Å²) in [5, 5.41) is 1.16. The van der Waals surface area contributed by atoms with Crippen LogP contribution in [0.4, 0.5) is 4.39 Å². The van der Waals surface area contributed by atoms with Gasteiger partial charge in [-0.25, -0.2) is 4.39 Å². The molecule has 2 aromatic carbocycles. The fourth-order valence-electron chi connectivity index (χ4n) is 3.08. The van der Waals surface area contributed by atoms with E-state index in [1.165, 1.54) is 16.7 Å². The topological polar surface area (TPSA) is 12.9 Å². The number of benzene rings is 2. The monoisotopic (exact) mass is 311 g/mol. The number of halogens is 2.